The van der Waals surface area contributed by atoms with Gasteiger partial charge in [0.2, 0.25) is 0 Å². The van der Waals surface area contributed by atoms with Gasteiger partial charge in [-0.3, -0.25) is 6.08 Å². The van der Waals surface area contributed by atoms with Crippen LogP contribution in [0.2, 0.25) is 0 Å². The average molecular weight is 828 g/mol. The molecule has 0 aromatic heterocycles. The van der Waals surface area contributed by atoms with Crippen molar-refractivity contribution in [3.05, 3.63) is 111 Å². The van der Waals surface area contributed by atoms with Gasteiger partial charge in [-0.25, -0.2) is 11.6 Å². The fourth-order valence-electron chi connectivity index (χ4n) is 7.00. The summed E-state index contributed by atoms with van der Waals surface area (Å²) >= 11 is 0. The molecule has 1 aliphatic rings. The third kappa shape index (κ3) is 11.3. The Kier molecular flexibility index (Phi) is 16.9. The van der Waals surface area contributed by atoms with Crippen molar-refractivity contribution < 1.29 is 58.9 Å². The van der Waals surface area contributed by atoms with E-state index in [1.165, 1.54) is 59.7 Å². The second-order valence-corrected chi connectivity index (χ2v) is 25.2. The van der Waals surface area contributed by atoms with Crippen LogP contribution in [0.5, 0.6) is 0 Å². The first kappa shape index (κ1) is 51.9. The fourth-order valence-corrected chi connectivity index (χ4v) is 12.1. The van der Waals surface area contributed by atoms with E-state index in [0.29, 0.717) is 0 Å². The smallest absolute Gasteiger partial charge is 1.00 e. The third-order valence-corrected chi connectivity index (χ3v) is 15.4. The standard InChI is InChI=1S/C48H69Si.3ClH.Ti/c1-32-20-21-39(22-32)49(40-26-33(43(2,3)4)23-34(27-40)44(5,6)7,41-28-35(45(8,9)10)24-36(29-41)46(11,12)13)42-30-37(47(14,15)16)25-38(31-42)48(17,18)19;;;;/h20,23-31H,21H2,1-19H3;3*1H;/q-1;;;;+4/p-3. The van der Waals surface area contributed by atoms with Crippen molar-refractivity contribution >= 4 is 23.6 Å². The molecule has 0 fully saturated rings. The van der Waals surface area contributed by atoms with E-state index >= 15 is 0 Å². The molecule has 0 unspecified atom stereocenters. The predicted molar refractivity (Wildman–Crippen MR) is 221 cm³/mol. The molecule has 0 saturated heterocycles. The summed E-state index contributed by atoms with van der Waals surface area (Å²) in [5.74, 6) is 0. The Labute approximate surface area is 361 Å². The summed E-state index contributed by atoms with van der Waals surface area (Å²) in [4.78, 5) is 0. The number of allylic oxidation sites excluding steroid dienone is 4. The van der Waals surface area contributed by atoms with Gasteiger partial charge in [0, 0.05) is 0 Å². The summed E-state index contributed by atoms with van der Waals surface area (Å²) in [6.45, 7) is 45.1. The van der Waals surface area contributed by atoms with Crippen molar-refractivity contribution in [3.63, 3.8) is 0 Å². The van der Waals surface area contributed by atoms with Gasteiger partial charge in [0.05, 0.1) is 0 Å². The van der Waals surface area contributed by atoms with Crippen LogP contribution in [0.4, 0.5) is 0 Å². The van der Waals surface area contributed by atoms with Crippen molar-refractivity contribution in [2.45, 2.75) is 170 Å². The Balaban J connectivity index is 0.00000676. The van der Waals surface area contributed by atoms with E-state index in [9.17, 15) is 0 Å². The fraction of sp³-hybridized carbons (Fsp3) is 0.542. The molecule has 0 nitrogen and oxygen atoms in total. The Morgan fingerprint density at radius 3 is 0.755 bits per heavy atom. The molecule has 1 aliphatic carbocycles. The van der Waals surface area contributed by atoms with E-state index in [1.54, 1.807) is 0 Å². The normalized spacial score (nSPS) is 14.2. The zero-order valence-corrected chi connectivity index (χ0v) is 41.4. The molecule has 0 saturated carbocycles. The molecule has 5 heteroatoms. The van der Waals surface area contributed by atoms with Gasteiger partial charge in [-0.05, 0) is 81.4 Å². The number of hydrogen-bond donors (Lipinski definition) is 0. The van der Waals surface area contributed by atoms with Gasteiger partial charge in [-0.1, -0.05) is 193 Å². The third-order valence-electron chi connectivity index (χ3n) is 10.7. The number of halogens is 3. The van der Waals surface area contributed by atoms with Crippen LogP contribution in [0.1, 0.15) is 171 Å². The van der Waals surface area contributed by atoms with Crippen LogP contribution in [0.25, 0.3) is 0 Å². The molecule has 0 amide bonds. The summed E-state index contributed by atoms with van der Waals surface area (Å²) in [6.07, 6.45) is 7.44. The summed E-state index contributed by atoms with van der Waals surface area (Å²) in [5.41, 5.74) is 9.81. The zero-order valence-electron chi connectivity index (χ0n) is 36.6. The van der Waals surface area contributed by atoms with Gasteiger partial charge in [-0.15, -0.1) is 0 Å². The maximum Gasteiger partial charge on any atom is 4.00 e. The first-order valence-electron chi connectivity index (χ1n) is 18.7. The van der Waals surface area contributed by atoms with Crippen LogP contribution in [0.15, 0.2) is 71.4 Å². The van der Waals surface area contributed by atoms with E-state index in [0.717, 1.165) is 6.42 Å². The summed E-state index contributed by atoms with van der Waals surface area (Å²) in [7, 11) is -2.94. The molecule has 0 radical (unpaired) electrons. The monoisotopic (exact) mass is 826 g/mol. The van der Waals surface area contributed by atoms with Crippen molar-refractivity contribution in [2.24, 2.45) is 0 Å². The molecule has 0 N–H and O–H groups in total. The molecule has 0 atom stereocenters. The molecule has 3 aromatic carbocycles. The maximum atomic E-state index is 4.08. The van der Waals surface area contributed by atoms with E-state index < -0.39 is 8.07 Å². The summed E-state index contributed by atoms with van der Waals surface area (Å²) in [6, 6.07) is 23.2. The topological polar surface area (TPSA) is 0 Å². The Bertz CT molecular complexity index is 1510. The first-order chi connectivity index (χ1) is 21.9. The van der Waals surface area contributed by atoms with Gasteiger partial charge in [-0.2, -0.15) is 5.20 Å². The summed E-state index contributed by atoms with van der Waals surface area (Å²) < 4.78 is 0. The molecule has 0 bridgehead atoms. The number of rotatable bonds is 4. The molecule has 3 aromatic rings. The molecule has 0 heterocycles. The Hall–Kier alpha value is -1.06. The first-order valence-corrected chi connectivity index (χ1v) is 20.7. The Morgan fingerprint density at radius 2 is 0.604 bits per heavy atom. The van der Waals surface area contributed by atoms with Gasteiger partial charge in [0.25, 0.3) is 0 Å². The van der Waals surface area contributed by atoms with E-state index in [2.05, 4.69) is 198 Å². The Morgan fingerprint density at radius 1 is 0.396 bits per heavy atom. The van der Waals surface area contributed by atoms with Crippen molar-refractivity contribution in [2.75, 3.05) is 0 Å². The van der Waals surface area contributed by atoms with Crippen LogP contribution >= 0.6 is 0 Å². The van der Waals surface area contributed by atoms with Crippen molar-refractivity contribution in [1.82, 2.24) is 0 Å². The molecule has 0 aliphatic heterocycles. The average Bonchev–Trinajstić information content (AvgIpc) is 3.36. The van der Waals surface area contributed by atoms with E-state index in [-0.39, 0.29) is 91.4 Å². The molecule has 290 valence electrons. The van der Waals surface area contributed by atoms with Gasteiger partial charge in [0.15, 0.2) is 8.07 Å². The van der Waals surface area contributed by atoms with Crippen LogP contribution in [-0.2, 0) is 54.2 Å². The number of hydrogen-bond acceptors (Lipinski definition) is 0. The number of benzene rings is 3. The van der Waals surface area contributed by atoms with Crippen LogP contribution in [0, 0.1) is 6.08 Å². The SMILES string of the molecule is CC1=CCC([Si](c2cc(C(C)(C)C)cc(C(C)(C)C)c2)(c2cc(C(C)(C)C)cc(C(C)(C)C)c2)c2cc(C(C)(C)C)cc(C(C)(C)C)c2)=[C-]1.[Cl-].[Cl-].[Cl-].[Ti+4]. The second kappa shape index (κ2) is 17.2. The van der Waals surface area contributed by atoms with Crippen LogP contribution in [0.3, 0.4) is 0 Å². The molecular formula is C48H69Cl3SiTi. The maximum absolute atomic E-state index is 4.08. The molecule has 4 rings (SSSR count). The minimum Gasteiger partial charge on any atom is -1.00 e. The van der Waals surface area contributed by atoms with Crippen molar-refractivity contribution in [3.8, 4) is 0 Å². The van der Waals surface area contributed by atoms with Crippen LogP contribution in [-0.4, -0.2) is 8.07 Å². The zero-order chi connectivity index (χ0) is 37.3. The minimum atomic E-state index is -2.94. The summed E-state index contributed by atoms with van der Waals surface area (Å²) in [5, 5.41) is 5.96. The molecule has 53 heavy (non-hydrogen) atoms. The second-order valence-electron chi connectivity index (χ2n) is 21.3. The minimum absolute atomic E-state index is 0. The molecular weight excluding hydrogens is 759 g/mol. The largest absolute Gasteiger partial charge is 4.00 e. The van der Waals surface area contributed by atoms with Crippen LogP contribution < -0.4 is 52.8 Å². The van der Waals surface area contributed by atoms with E-state index in [4.69, 9.17) is 0 Å². The quantitative estimate of drug-likeness (QED) is 0.216. The van der Waals surface area contributed by atoms with Gasteiger partial charge < -0.3 is 37.2 Å². The van der Waals surface area contributed by atoms with Crippen molar-refractivity contribution in [1.29, 1.82) is 0 Å². The molecule has 0 spiro atoms. The van der Waals surface area contributed by atoms with Gasteiger partial charge in [0.1, 0.15) is 0 Å². The van der Waals surface area contributed by atoms with Gasteiger partial charge >= 0.3 is 21.7 Å². The predicted octanol–water partition coefficient (Wildman–Crippen LogP) is 2.57. The van der Waals surface area contributed by atoms with E-state index in [1.807, 2.05) is 0 Å².